The van der Waals surface area contributed by atoms with Crippen molar-refractivity contribution in [3.8, 4) is 0 Å². The molecule has 0 saturated carbocycles. The van der Waals surface area contributed by atoms with Crippen LogP contribution < -0.4 is 0 Å². The van der Waals surface area contributed by atoms with E-state index in [0.29, 0.717) is 0 Å². The van der Waals surface area contributed by atoms with E-state index in [4.69, 9.17) is 0 Å². The Bertz CT molecular complexity index is 319. The third-order valence-corrected chi connectivity index (χ3v) is 1.98. The Kier molecular flexibility index (Phi) is 1.39. The van der Waals surface area contributed by atoms with Gasteiger partial charge in [0.2, 0.25) is 0 Å². The van der Waals surface area contributed by atoms with E-state index in [1.54, 1.807) is 0 Å². The highest BCUT2D eigenvalue weighted by Gasteiger charge is 2.09. The average Bonchev–Trinajstić information content (AvgIpc) is 2.47. The predicted octanol–water partition coefficient (Wildman–Crippen LogP) is 2.62. The fourth-order valence-corrected chi connectivity index (χ4v) is 1.41. The van der Waals surface area contributed by atoms with Gasteiger partial charge in [0.25, 0.3) is 0 Å². The summed E-state index contributed by atoms with van der Waals surface area (Å²) in [5, 5.41) is 0. The van der Waals surface area contributed by atoms with E-state index in [9.17, 15) is 0 Å². The summed E-state index contributed by atoms with van der Waals surface area (Å²) in [4.78, 5) is 0. The second-order valence-electron chi connectivity index (χ2n) is 2.63. The van der Waals surface area contributed by atoms with E-state index in [2.05, 4.69) is 36.9 Å². The smallest absolute Gasteiger partial charge is 0.00104 e. The largest absolute Gasteiger partial charge is 0.0984 e. The van der Waals surface area contributed by atoms with Crippen LogP contribution in [0.4, 0.5) is 0 Å². The minimum absolute atomic E-state index is 0.942. The minimum atomic E-state index is 0.942. The molecule has 53 valence electrons. The first-order chi connectivity index (χ1) is 5.42. The standard InChI is InChI=1S/C11H9/c1-2-9-7-8-10-5-3-4-6-11(9)10/h2-6H,1,8H2. The maximum absolute atomic E-state index is 3.74. The molecule has 0 saturated heterocycles. The first kappa shape index (κ1) is 6.41. The molecule has 0 fully saturated rings. The molecule has 0 aromatic heterocycles. The van der Waals surface area contributed by atoms with E-state index in [0.717, 1.165) is 12.0 Å². The monoisotopic (exact) mass is 141 g/mol. The van der Waals surface area contributed by atoms with Crippen molar-refractivity contribution in [2.75, 3.05) is 0 Å². The highest BCUT2D eigenvalue weighted by Crippen LogP contribution is 2.26. The number of benzene rings is 1. The first-order valence-electron chi connectivity index (χ1n) is 3.73. The summed E-state index contributed by atoms with van der Waals surface area (Å²) in [6.45, 7) is 3.74. The number of hydrogen-bond acceptors (Lipinski definition) is 0. The Labute approximate surface area is 66.9 Å². The number of hydrogen-bond donors (Lipinski definition) is 0. The van der Waals surface area contributed by atoms with Crippen LogP contribution in [0.3, 0.4) is 0 Å². The van der Waals surface area contributed by atoms with Gasteiger partial charge in [-0.2, -0.15) is 0 Å². The van der Waals surface area contributed by atoms with Gasteiger partial charge in [-0.1, -0.05) is 36.9 Å². The van der Waals surface area contributed by atoms with Crippen LogP contribution in [0.1, 0.15) is 11.1 Å². The Hall–Kier alpha value is -1.30. The summed E-state index contributed by atoms with van der Waals surface area (Å²) < 4.78 is 0. The lowest BCUT2D eigenvalue weighted by Crippen LogP contribution is -1.80. The van der Waals surface area contributed by atoms with Crippen LogP contribution in [0.5, 0.6) is 0 Å². The van der Waals surface area contributed by atoms with Gasteiger partial charge in [-0.25, -0.2) is 0 Å². The molecule has 0 bridgehead atoms. The molecule has 0 nitrogen and oxygen atoms in total. The van der Waals surface area contributed by atoms with E-state index in [1.165, 1.54) is 11.1 Å². The van der Waals surface area contributed by atoms with Gasteiger partial charge >= 0.3 is 0 Å². The Balaban J connectivity index is 2.56. The van der Waals surface area contributed by atoms with Crippen molar-refractivity contribution in [3.63, 3.8) is 0 Å². The molecule has 0 amide bonds. The molecular formula is C11H9. The Morgan fingerprint density at radius 1 is 1.36 bits per heavy atom. The van der Waals surface area contributed by atoms with Gasteiger partial charge in [-0.3, -0.25) is 0 Å². The van der Waals surface area contributed by atoms with Gasteiger partial charge in [-0.05, 0) is 29.2 Å². The van der Waals surface area contributed by atoms with Crippen molar-refractivity contribution in [1.29, 1.82) is 0 Å². The third kappa shape index (κ3) is 0.911. The van der Waals surface area contributed by atoms with E-state index < -0.39 is 0 Å². The van der Waals surface area contributed by atoms with Gasteiger partial charge in [0.15, 0.2) is 0 Å². The molecule has 0 N–H and O–H groups in total. The van der Waals surface area contributed by atoms with Crippen molar-refractivity contribution in [2.24, 2.45) is 0 Å². The molecule has 0 heterocycles. The van der Waals surface area contributed by atoms with Crippen LogP contribution in [0.25, 0.3) is 5.57 Å². The van der Waals surface area contributed by atoms with Crippen LogP contribution in [-0.2, 0) is 6.42 Å². The molecule has 1 aromatic rings. The second-order valence-corrected chi connectivity index (χ2v) is 2.63. The summed E-state index contributed by atoms with van der Waals surface area (Å²) in [5.41, 5.74) is 3.81. The highest BCUT2D eigenvalue weighted by molar-refractivity contribution is 5.77. The van der Waals surface area contributed by atoms with Crippen molar-refractivity contribution in [1.82, 2.24) is 0 Å². The lowest BCUT2D eigenvalue weighted by Gasteiger charge is -1.98. The molecule has 0 heteroatoms. The SMILES string of the molecule is C=CC1=[C]Cc2ccccc21. The maximum atomic E-state index is 3.74. The van der Waals surface area contributed by atoms with Gasteiger partial charge in [0.1, 0.15) is 0 Å². The normalized spacial score (nSPS) is 14.0. The number of fused-ring (bicyclic) bond motifs is 1. The molecule has 1 aliphatic rings. The van der Waals surface area contributed by atoms with Gasteiger partial charge < -0.3 is 0 Å². The zero-order valence-corrected chi connectivity index (χ0v) is 6.30. The molecule has 0 atom stereocenters. The molecule has 1 radical (unpaired) electrons. The van der Waals surface area contributed by atoms with E-state index in [-0.39, 0.29) is 0 Å². The fraction of sp³-hybridized carbons (Fsp3) is 0.0909. The van der Waals surface area contributed by atoms with Crippen LogP contribution in [0.15, 0.2) is 36.9 Å². The van der Waals surface area contributed by atoms with Crippen LogP contribution in [-0.4, -0.2) is 0 Å². The zero-order valence-electron chi connectivity index (χ0n) is 6.30. The first-order valence-corrected chi connectivity index (χ1v) is 3.73. The second kappa shape index (κ2) is 2.39. The van der Waals surface area contributed by atoms with E-state index in [1.807, 2.05) is 6.08 Å². The molecule has 2 rings (SSSR count). The van der Waals surface area contributed by atoms with Crippen molar-refractivity contribution < 1.29 is 0 Å². The van der Waals surface area contributed by atoms with Crippen molar-refractivity contribution >= 4 is 5.57 Å². The molecule has 0 aliphatic heterocycles. The number of rotatable bonds is 1. The number of allylic oxidation sites excluding steroid dienone is 3. The van der Waals surface area contributed by atoms with Crippen LogP contribution in [0, 0.1) is 6.08 Å². The third-order valence-electron chi connectivity index (χ3n) is 1.98. The van der Waals surface area contributed by atoms with Crippen molar-refractivity contribution in [3.05, 3.63) is 54.1 Å². The minimum Gasteiger partial charge on any atom is -0.0984 e. The summed E-state index contributed by atoms with van der Waals surface area (Å²) in [6.07, 6.45) is 6.08. The summed E-state index contributed by atoms with van der Waals surface area (Å²) in [7, 11) is 0. The van der Waals surface area contributed by atoms with Gasteiger partial charge in [0.05, 0.1) is 0 Å². The predicted molar refractivity (Wildman–Crippen MR) is 47.0 cm³/mol. The van der Waals surface area contributed by atoms with Gasteiger partial charge in [-0.15, -0.1) is 0 Å². The summed E-state index contributed by atoms with van der Waals surface area (Å²) >= 11 is 0. The van der Waals surface area contributed by atoms with Crippen LogP contribution >= 0.6 is 0 Å². The lowest BCUT2D eigenvalue weighted by molar-refractivity contribution is 1.28. The van der Waals surface area contributed by atoms with E-state index >= 15 is 0 Å². The van der Waals surface area contributed by atoms with Crippen LogP contribution in [0.2, 0.25) is 0 Å². The van der Waals surface area contributed by atoms with Gasteiger partial charge in [0, 0.05) is 0 Å². The maximum Gasteiger partial charge on any atom is -0.00104 e. The molecule has 1 aliphatic carbocycles. The molecule has 11 heavy (non-hydrogen) atoms. The quantitative estimate of drug-likeness (QED) is 0.564. The Morgan fingerprint density at radius 2 is 2.18 bits per heavy atom. The zero-order chi connectivity index (χ0) is 7.68. The molecule has 1 aromatic carbocycles. The summed E-state index contributed by atoms with van der Waals surface area (Å²) in [6, 6.07) is 8.37. The Morgan fingerprint density at radius 3 is 3.00 bits per heavy atom. The fourth-order valence-electron chi connectivity index (χ4n) is 1.41. The highest BCUT2D eigenvalue weighted by atomic mass is 14.1. The average molecular weight is 141 g/mol. The molecular weight excluding hydrogens is 132 g/mol. The lowest BCUT2D eigenvalue weighted by atomic mass is 10.1. The molecule has 0 spiro atoms. The van der Waals surface area contributed by atoms with Crippen molar-refractivity contribution in [2.45, 2.75) is 6.42 Å². The molecule has 0 unspecified atom stereocenters. The topological polar surface area (TPSA) is 0 Å². The summed E-state index contributed by atoms with van der Waals surface area (Å²) in [5.74, 6) is 0.